The van der Waals surface area contributed by atoms with E-state index in [1.54, 1.807) is 22.2 Å². The van der Waals surface area contributed by atoms with Crippen LogP contribution in [0.2, 0.25) is 0 Å². The summed E-state index contributed by atoms with van der Waals surface area (Å²) in [5, 5.41) is 3.58. The molecule has 7 nitrogen and oxygen atoms in total. The van der Waals surface area contributed by atoms with E-state index in [2.05, 4.69) is 15.3 Å². The zero-order valence-corrected chi connectivity index (χ0v) is 15.6. The molecule has 0 fully saturated rings. The Bertz CT molecular complexity index is 1270. The fourth-order valence-electron chi connectivity index (χ4n) is 3.69. The second-order valence-electron chi connectivity index (χ2n) is 6.81. The predicted molar refractivity (Wildman–Crippen MR) is 104 cm³/mol. The van der Waals surface area contributed by atoms with Crippen molar-refractivity contribution in [2.24, 2.45) is 0 Å². The van der Waals surface area contributed by atoms with Gasteiger partial charge in [0.05, 0.1) is 5.39 Å². The van der Waals surface area contributed by atoms with Crippen LogP contribution in [-0.4, -0.2) is 25.1 Å². The Hall–Kier alpha value is -3.07. The highest BCUT2D eigenvalue weighted by molar-refractivity contribution is 7.19. The van der Waals surface area contributed by atoms with Crippen molar-refractivity contribution in [1.82, 2.24) is 19.2 Å². The largest absolute Gasteiger partial charge is 0.365 e. The Balaban J connectivity index is 1.53. The van der Waals surface area contributed by atoms with Gasteiger partial charge in [-0.15, -0.1) is 11.3 Å². The number of nitrogens with zero attached hydrogens (tertiary/aromatic N) is 4. The van der Waals surface area contributed by atoms with Gasteiger partial charge in [0.2, 0.25) is 5.91 Å². The van der Waals surface area contributed by atoms with Gasteiger partial charge in [-0.1, -0.05) is 0 Å². The van der Waals surface area contributed by atoms with E-state index in [0.717, 1.165) is 29.5 Å². The smallest absolute Gasteiger partial charge is 0.324 e. The molecule has 9 heteroatoms. The van der Waals surface area contributed by atoms with Crippen LogP contribution in [-0.2, 0) is 24.2 Å². The summed E-state index contributed by atoms with van der Waals surface area (Å²) in [7, 11) is 0. The third kappa shape index (κ3) is 2.78. The topological polar surface area (TPSA) is 81.3 Å². The van der Waals surface area contributed by atoms with Gasteiger partial charge in [-0.2, -0.15) is 4.98 Å². The Morgan fingerprint density at radius 3 is 2.82 bits per heavy atom. The Labute approximate surface area is 162 Å². The average Bonchev–Trinajstić information content (AvgIpc) is 3.21. The van der Waals surface area contributed by atoms with Crippen LogP contribution in [0.4, 0.5) is 10.1 Å². The standard InChI is InChI=1S/C19H16FN5O2S/c20-11-5-7-12(8-6-11)22-15(26)9-24-19(27)23-17-16-13-3-1-2-4-14(13)28-18(16)21-10-25(17)24/h5-8,10H,1-4,9H2,(H,22,26). The fraction of sp³-hybridized carbons (Fsp3) is 0.263. The quantitative estimate of drug-likeness (QED) is 0.576. The van der Waals surface area contributed by atoms with Crippen LogP contribution < -0.4 is 11.0 Å². The van der Waals surface area contributed by atoms with Gasteiger partial charge >= 0.3 is 5.69 Å². The molecule has 0 spiro atoms. The van der Waals surface area contributed by atoms with E-state index >= 15 is 0 Å². The first-order valence-corrected chi connectivity index (χ1v) is 9.85. The van der Waals surface area contributed by atoms with Gasteiger partial charge in [0.15, 0.2) is 5.65 Å². The van der Waals surface area contributed by atoms with Crippen molar-refractivity contribution in [3.63, 3.8) is 0 Å². The molecular formula is C19H16FN5O2S. The maximum Gasteiger partial charge on any atom is 0.365 e. The van der Waals surface area contributed by atoms with Gasteiger partial charge < -0.3 is 5.32 Å². The van der Waals surface area contributed by atoms with Gasteiger partial charge in [-0.25, -0.2) is 23.4 Å². The second kappa shape index (κ2) is 6.52. The molecular weight excluding hydrogens is 381 g/mol. The molecule has 28 heavy (non-hydrogen) atoms. The molecule has 1 N–H and O–H groups in total. The number of halogens is 1. The van der Waals surface area contributed by atoms with Crippen LogP contribution in [0.3, 0.4) is 0 Å². The summed E-state index contributed by atoms with van der Waals surface area (Å²) < 4.78 is 15.8. The molecule has 1 aliphatic rings. The van der Waals surface area contributed by atoms with E-state index in [0.29, 0.717) is 11.3 Å². The first-order chi connectivity index (χ1) is 13.6. The summed E-state index contributed by atoms with van der Waals surface area (Å²) in [6.07, 6.45) is 5.82. The molecule has 5 rings (SSSR count). The summed E-state index contributed by atoms with van der Waals surface area (Å²) in [4.78, 5) is 35.8. The number of anilines is 1. The highest BCUT2D eigenvalue weighted by Gasteiger charge is 2.22. The summed E-state index contributed by atoms with van der Waals surface area (Å²) >= 11 is 1.66. The van der Waals surface area contributed by atoms with Crippen LogP contribution >= 0.6 is 11.3 Å². The number of hydrogen-bond donors (Lipinski definition) is 1. The minimum atomic E-state index is -0.501. The van der Waals surface area contributed by atoms with Crippen molar-refractivity contribution in [2.75, 3.05) is 5.32 Å². The zero-order chi connectivity index (χ0) is 19.3. The van der Waals surface area contributed by atoms with Crippen LogP contribution in [0.1, 0.15) is 23.3 Å². The predicted octanol–water partition coefficient (Wildman–Crippen LogP) is 2.76. The minimum absolute atomic E-state index is 0.211. The van der Waals surface area contributed by atoms with E-state index in [-0.39, 0.29) is 12.4 Å². The molecule has 1 aliphatic carbocycles. The number of rotatable bonds is 3. The SMILES string of the molecule is O=C(Cn1c(=O)nc2c3c4c(sc3ncn21)CCCC4)Nc1ccc(F)cc1. The summed E-state index contributed by atoms with van der Waals surface area (Å²) in [5.41, 5.74) is 1.74. The normalized spacial score (nSPS) is 13.8. The first kappa shape index (κ1) is 17.1. The molecule has 0 unspecified atom stereocenters. The second-order valence-corrected chi connectivity index (χ2v) is 7.89. The van der Waals surface area contributed by atoms with Crippen molar-refractivity contribution in [3.8, 4) is 0 Å². The fourth-order valence-corrected chi connectivity index (χ4v) is 4.91. The van der Waals surface area contributed by atoms with Gasteiger partial charge in [-0.3, -0.25) is 4.79 Å². The van der Waals surface area contributed by atoms with Crippen molar-refractivity contribution >= 4 is 38.8 Å². The third-order valence-corrected chi connectivity index (χ3v) is 6.18. The molecule has 0 bridgehead atoms. The van der Waals surface area contributed by atoms with Gasteiger partial charge in [0, 0.05) is 10.6 Å². The van der Waals surface area contributed by atoms with Crippen molar-refractivity contribution in [2.45, 2.75) is 32.2 Å². The number of benzene rings is 1. The van der Waals surface area contributed by atoms with E-state index in [1.165, 1.54) is 45.8 Å². The number of carbonyl (C=O) groups is 1. The Morgan fingerprint density at radius 2 is 2.00 bits per heavy atom. The molecule has 0 aliphatic heterocycles. The van der Waals surface area contributed by atoms with Gasteiger partial charge in [0.1, 0.15) is 23.5 Å². The summed E-state index contributed by atoms with van der Waals surface area (Å²) in [6, 6.07) is 5.45. The number of fused-ring (bicyclic) bond motifs is 5. The molecule has 1 amide bonds. The molecule has 0 saturated carbocycles. The zero-order valence-electron chi connectivity index (χ0n) is 14.8. The van der Waals surface area contributed by atoms with E-state index < -0.39 is 11.6 Å². The lowest BCUT2D eigenvalue weighted by molar-refractivity contribution is -0.117. The van der Waals surface area contributed by atoms with Crippen LogP contribution in [0.25, 0.3) is 15.9 Å². The number of amides is 1. The summed E-state index contributed by atoms with van der Waals surface area (Å²) in [6.45, 7) is -0.211. The Morgan fingerprint density at radius 1 is 1.21 bits per heavy atom. The molecule has 0 saturated heterocycles. The lowest BCUT2D eigenvalue weighted by Crippen LogP contribution is -2.28. The van der Waals surface area contributed by atoms with Crippen LogP contribution in [0.15, 0.2) is 35.4 Å². The van der Waals surface area contributed by atoms with Crippen molar-refractivity contribution < 1.29 is 9.18 Å². The lowest BCUT2D eigenvalue weighted by atomic mass is 9.97. The van der Waals surface area contributed by atoms with E-state index in [4.69, 9.17) is 0 Å². The molecule has 1 aromatic carbocycles. The third-order valence-electron chi connectivity index (χ3n) is 4.98. The van der Waals surface area contributed by atoms with Gasteiger partial charge in [-0.05, 0) is 55.5 Å². The van der Waals surface area contributed by atoms with Crippen molar-refractivity contribution in [1.29, 1.82) is 0 Å². The molecule has 0 atom stereocenters. The molecule has 4 aromatic rings. The number of thiophene rings is 1. The lowest BCUT2D eigenvalue weighted by Gasteiger charge is -2.10. The number of carbonyl (C=O) groups excluding carboxylic acids is 1. The molecule has 0 radical (unpaired) electrons. The van der Waals surface area contributed by atoms with E-state index in [1.807, 2.05) is 0 Å². The maximum absolute atomic E-state index is 13.0. The van der Waals surface area contributed by atoms with Crippen LogP contribution in [0, 0.1) is 5.82 Å². The van der Waals surface area contributed by atoms with Crippen molar-refractivity contribution in [3.05, 3.63) is 57.3 Å². The van der Waals surface area contributed by atoms with E-state index in [9.17, 15) is 14.0 Å². The first-order valence-electron chi connectivity index (χ1n) is 9.04. The minimum Gasteiger partial charge on any atom is -0.324 e. The van der Waals surface area contributed by atoms with Gasteiger partial charge in [0.25, 0.3) is 0 Å². The number of nitrogens with one attached hydrogen (secondary N) is 1. The Kier molecular flexibility index (Phi) is 3.97. The summed E-state index contributed by atoms with van der Waals surface area (Å²) in [5.74, 6) is -0.784. The highest BCUT2D eigenvalue weighted by Crippen LogP contribution is 2.36. The average molecular weight is 397 g/mol. The molecule has 3 heterocycles. The highest BCUT2D eigenvalue weighted by atomic mass is 32.1. The maximum atomic E-state index is 13.0. The van der Waals surface area contributed by atoms with Crippen LogP contribution in [0.5, 0.6) is 0 Å². The number of hydrogen-bond acceptors (Lipinski definition) is 5. The monoisotopic (exact) mass is 397 g/mol. The number of aromatic nitrogens is 4. The molecule has 142 valence electrons. The molecule has 3 aromatic heterocycles. The number of aryl methyl sites for hydroxylation is 2.